The van der Waals surface area contributed by atoms with Gasteiger partial charge in [0, 0.05) is 29.1 Å². The van der Waals surface area contributed by atoms with Crippen LogP contribution in [0.4, 0.5) is 0 Å². The number of nitrogens with one attached hydrogen (secondary N) is 1. The Hall–Kier alpha value is -2.99. The molecule has 1 atom stereocenters. The van der Waals surface area contributed by atoms with Crippen molar-refractivity contribution in [3.63, 3.8) is 0 Å². The molecule has 1 fully saturated rings. The summed E-state index contributed by atoms with van der Waals surface area (Å²) in [4.78, 5) is 3.67. The van der Waals surface area contributed by atoms with E-state index in [1.54, 1.807) is 7.11 Å². The minimum atomic E-state index is -0.137. The Labute approximate surface area is 185 Å². The first-order valence-corrected chi connectivity index (χ1v) is 11.4. The van der Waals surface area contributed by atoms with E-state index in [0.717, 1.165) is 41.1 Å². The Bertz CT molecular complexity index is 1360. The van der Waals surface area contributed by atoms with Crippen LogP contribution in [0.25, 0.3) is 10.9 Å². The molecule has 2 aliphatic rings. The maximum Gasteiger partial charge on any atom is 0.214 e. The van der Waals surface area contributed by atoms with E-state index in [0.29, 0.717) is 17.1 Å². The van der Waals surface area contributed by atoms with Crippen molar-refractivity contribution in [2.45, 2.75) is 44.2 Å². The van der Waals surface area contributed by atoms with Crippen LogP contribution in [-0.2, 0) is 6.42 Å². The zero-order valence-corrected chi connectivity index (χ0v) is 18.3. The fourth-order valence-electron chi connectivity index (χ4n) is 5.56. The lowest BCUT2D eigenvalue weighted by molar-refractivity contribution is 0.377. The van der Waals surface area contributed by atoms with Gasteiger partial charge in [0.05, 0.1) is 12.8 Å². The number of ether oxygens (including phenoxy) is 1. The summed E-state index contributed by atoms with van der Waals surface area (Å²) in [5, 5.41) is 12.6. The number of H-pyrrole nitrogens is 1. The standard InChI is InChI=1S/C25H25N3O2S/c1-30-17-10-6-7-15(13-17)23-22-19(18-11-4-5-12-20(18)26-22)14-21-24(29)27(25(31)28(21)23)16-8-2-3-9-16/h4-7,10-13,16,23,26,29H,2-3,8-9,14H2,1H3. The lowest BCUT2D eigenvalue weighted by Crippen LogP contribution is -2.22. The third kappa shape index (κ3) is 2.71. The molecule has 6 rings (SSSR count). The van der Waals surface area contributed by atoms with Crippen molar-refractivity contribution in [1.82, 2.24) is 14.1 Å². The number of aromatic hydroxyl groups is 1. The smallest absolute Gasteiger partial charge is 0.214 e. The molecule has 0 saturated heterocycles. The van der Waals surface area contributed by atoms with E-state index in [1.165, 1.54) is 23.8 Å². The Morgan fingerprint density at radius 1 is 1.06 bits per heavy atom. The average molecular weight is 432 g/mol. The highest BCUT2D eigenvalue weighted by atomic mass is 32.1. The van der Waals surface area contributed by atoms with Crippen LogP contribution in [0.1, 0.15) is 60.3 Å². The molecule has 0 spiro atoms. The van der Waals surface area contributed by atoms with Gasteiger partial charge in [-0.2, -0.15) is 0 Å². The van der Waals surface area contributed by atoms with Crippen molar-refractivity contribution in [2.24, 2.45) is 0 Å². The summed E-state index contributed by atoms with van der Waals surface area (Å²) in [7, 11) is 1.69. The lowest BCUT2D eigenvalue weighted by Gasteiger charge is -2.27. The van der Waals surface area contributed by atoms with Crippen molar-refractivity contribution in [3.05, 3.63) is 75.8 Å². The summed E-state index contributed by atoms with van der Waals surface area (Å²) >= 11 is 6.01. The van der Waals surface area contributed by atoms with Gasteiger partial charge in [-0.05, 0) is 54.4 Å². The molecule has 1 aliphatic heterocycles. The highest BCUT2D eigenvalue weighted by Crippen LogP contribution is 2.45. The monoisotopic (exact) mass is 431 g/mol. The van der Waals surface area contributed by atoms with Crippen molar-refractivity contribution >= 4 is 23.1 Å². The summed E-state index contributed by atoms with van der Waals surface area (Å²) < 4.78 is 10.4. The maximum atomic E-state index is 11.4. The van der Waals surface area contributed by atoms with Gasteiger partial charge in [-0.3, -0.25) is 4.57 Å². The topological polar surface area (TPSA) is 55.1 Å². The van der Waals surface area contributed by atoms with Crippen LogP contribution >= 0.6 is 12.2 Å². The largest absolute Gasteiger partial charge is 0.497 e. The Balaban J connectivity index is 1.64. The van der Waals surface area contributed by atoms with Crippen LogP contribution in [0.3, 0.4) is 0 Å². The third-order valence-corrected chi connectivity index (χ3v) is 7.40. The molecule has 31 heavy (non-hydrogen) atoms. The van der Waals surface area contributed by atoms with E-state index in [4.69, 9.17) is 17.0 Å². The van der Waals surface area contributed by atoms with Gasteiger partial charge in [-0.25, -0.2) is 0 Å². The van der Waals surface area contributed by atoms with Gasteiger partial charge < -0.3 is 19.4 Å². The molecule has 6 heteroatoms. The first-order chi connectivity index (χ1) is 15.2. The second kappa shape index (κ2) is 7.02. The summed E-state index contributed by atoms with van der Waals surface area (Å²) in [5.41, 5.74) is 5.48. The molecule has 1 saturated carbocycles. The van der Waals surface area contributed by atoms with Crippen molar-refractivity contribution in [1.29, 1.82) is 0 Å². The molecule has 2 aromatic heterocycles. The van der Waals surface area contributed by atoms with E-state index in [2.05, 4.69) is 45.9 Å². The molecule has 0 bridgehead atoms. The lowest BCUT2D eigenvalue weighted by atomic mass is 9.93. The van der Waals surface area contributed by atoms with E-state index in [-0.39, 0.29) is 12.1 Å². The van der Waals surface area contributed by atoms with Crippen LogP contribution in [-0.4, -0.2) is 26.3 Å². The van der Waals surface area contributed by atoms with Crippen molar-refractivity contribution < 1.29 is 9.84 Å². The van der Waals surface area contributed by atoms with E-state index in [9.17, 15) is 5.11 Å². The average Bonchev–Trinajstić information content (AvgIpc) is 3.50. The molecule has 2 aromatic carbocycles. The molecule has 1 unspecified atom stereocenters. The molecule has 3 heterocycles. The van der Waals surface area contributed by atoms with Crippen LogP contribution in [0, 0.1) is 4.77 Å². The number of para-hydroxylation sites is 1. The number of rotatable bonds is 3. The number of fused-ring (bicyclic) bond motifs is 4. The molecule has 0 radical (unpaired) electrons. The van der Waals surface area contributed by atoms with E-state index in [1.807, 2.05) is 16.7 Å². The molecule has 4 aromatic rings. The fourth-order valence-corrected chi connectivity index (χ4v) is 6.01. The van der Waals surface area contributed by atoms with Gasteiger partial charge in [0.15, 0.2) is 4.77 Å². The number of aromatic amines is 1. The van der Waals surface area contributed by atoms with E-state index >= 15 is 0 Å². The Morgan fingerprint density at radius 3 is 2.68 bits per heavy atom. The summed E-state index contributed by atoms with van der Waals surface area (Å²) in [6, 6.07) is 16.7. The quantitative estimate of drug-likeness (QED) is 0.351. The van der Waals surface area contributed by atoms with Gasteiger partial charge in [-0.15, -0.1) is 0 Å². The molecule has 2 N–H and O–H groups in total. The first kappa shape index (κ1) is 18.8. The predicted octanol–water partition coefficient (Wildman–Crippen LogP) is 5.87. The molecule has 5 nitrogen and oxygen atoms in total. The predicted molar refractivity (Wildman–Crippen MR) is 124 cm³/mol. The van der Waals surface area contributed by atoms with Crippen LogP contribution in [0.5, 0.6) is 11.6 Å². The third-order valence-electron chi connectivity index (χ3n) is 7.01. The van der Waals surface area contributed by atoms with Crippen LogP contribution in [0.15, 0.2) is 48.5 Å². The van der Waals surface area contributed by atoms with Crippen molar-refractivity contribution in [2.75, 3.05) is 7.11 Å². The van der Waals surface area contributed by atoms with Gasteiger partial charge in [0.25, 0.3) is 0 Å². The second-order valence-electron chi connectivity index (χ2n) is 8.65. The Morgan fingerprint density at radius 2 is 1.87 bits per heavy atom. The number of imidazole rings is 1. The van der Waals surface area contributed by atoms with Gasteiger partial charge >= 0.3 is 0 Å². The minimum Gasteiger partial charge on any atom is -0.497 e. The SMILES string of the molecule is COc1cccc(C2c3[nH]c4ccccc4c3Cc3c(O)n(C4CCCC4)c(=S)n32)c1. The minimum absolute atomic E-state index is 0.137. The number of aromatic nitrogens is 3. The summed E-state index contributed by atoms with van der Waals surface area (Å²) in [6.07, 6.45) is 5.19. The van der Waals surface area contributed by atoms with Gasteiger partial charge in [0.2, 0.25) is 5.88 Å². The fraction of sp³-hybridized carbons (Fsp3) is 0.320. The van der Waals surface area contributed by atoms with Gasteiger partial charge in [0.1, 0.15) is 11.8 Å². The Kier molecular flexibility index (Phi) is 4.25. The number of benzene rings is 2. The summed E-state index contributed by atoms with van der Waals surface area (Å²) in [6.45, 7) is 0. The highest BCUT2D eigenvalue weighted by Gasteiger charge is 2.36. The number of hydrogen-bond donors (Lipinski definition) is 2. The van der Waals surface area contributed by atoms with Crippen LogP contribution in [0.2, 0.25) is 0 Å². The number of hydrogen-bond acceptors (Lipinski definition) is 3. The van der Waals surface area contributed by atoms with Crippen molar-refractivity contribution in [3.8, 4) is 11.6 Å². The second-order valence-corrected chi connectivity index (χ2v) is 9.02. The molecular weight excluding hydrogens is 406 g/mol. The highest BCUT2D eigenvalue weighted by molar-refractivity contribution is 7.71. The maximum absolute atomic E-state index is 11.4. The molecule has 0 amide bonds. The van der Waals surface area contributed by atoms with Gasteiger partial charge in [-0.1, -0.05) is 43.2 Å². The zero-order chi connectivity index (χ0) is 21.1. The first-order valence-electron chi connectivity index (χ1n) is 11.0. The van der Waals surface area contributed by atoms with E-state index < -0.39 is 0 Å². The molecule has 158 valence electrons. The summed E-state index contributed by atoms with van der Waals surface area (Å²) in [5.74, 6) is 1.15. The molecular formula is C25H25N3O2S. The number of nitrogens with zero attached hydrogens (tertiary/aromatic N) is 2. The molecule has 1 aliphatic carbocycles. The zero-order valence-electron chi connectivity index (χ0n) is 17.5. The normalized spacial score (nSPS) is 18.3. The number of methoxy groups -OCH3 is 1. The van der Waals surface area contributed by atoms with Crippen LogP contribution < -0.4 is 4.74 Å².